The molecule has 0 radical (unpaired) electrons. The zero-order valence-electron chi connectivity index (χ0n) is 47.1. The average molecular weight is 1010 g/mol. The predicted molar refractivity (Wildman–Crippen MR) is 316 cm³/mol. The van der Waals surface area contributed by atoms with Gasteiger partial charge >= 0.3 is 17.9 Å². The monoisotopic (exact) mass is 1010 g/mol. The Balaban J connectivity index is 4.48. The van der Waals surface area contributed by atoms with Crippen LogP contribution >= 0.6 is 0 Å². The highest BCUT2D eigenvalue weighted by Crippen LogP contribution is 2.14. The molecule has 0 bridgehead atoms. The molecule has 0 aliphatic heterocycles. The normalized spacial score (nSPS) is 13.1. The van der Waals surface area contributed by atoms with Gasteiger partial charge in [0.2, 0.25) is 0 Å². The Morgan fingerprint density at radius 2 is 0.534 bits per heavy atom. The summed E-state index contributed by atoms with van der Waals surface area (Å²) in [6.07, 6.45) is 84.4. The molecule has 412 valence electrons. The number of ether oxygens (including phenoxy) is 3. The smallest absolute Gasteiger partial charge is 0.306 e. The molecule has 6 nitrogen and oxygen atoms in total. The minimum absolute atomic E-state index is 0.103. The van der Waals surface area contributed by atoms with E-state index in [0.29, 0.717) is 19.3 Å². The standard InChI is InChI=1S/C67H108O6/c1-4-7-10-13-16-19-22-25-28-30-31-32-33-34-35-37-39-42-45-48-51-54-57-60-66(69)72-63-64(62-71-65(68)59-56-53-50-47-44-41-38-27-24-21-18-15-12-9-6-3)73-67(70)61-58-55-52-49-46-43-40-36-29-26-23-20-17-14-11-8-5-2/h7,9-10,12,16-21,25-29,31-32,34-35,38-39,42,64H,4-6,8,11,13-15,22-24,30,33,36-37,40-41,43-63H2,1-3H3/b10-7-,12-9-,19-16-,20-17-,21-18-,28-25-,29-26-,32-31-,35-34-,38-27-,42-39-. The van der Waals surface area contributed by atoms with Crippen molar-refractivity contribution >= 4 is 17.9 Å². The second-order valence-corrected chi connectivity index (χ2v) is 19.1. The van der Waals surface area contributed by atoms with E-state index in [4.69, 9.17) is 14.2 Å². The van der Waals surface area contributed by atoms with Gasteiger partial charge in [-0.05, 0) is 135 Å². The van der Waals surface area contributed by atoms with Gasteiger partial charge < -0.3 is 14.2 Å². The van der Waals surface area contributed by atoms with E-state index < -0.39 is 6.10 Å². The van der Waals surface area contributed by atoms with Crippen LogP contribution in [0.3, 0.4) is 0 Å². The third-order valence-corrected chi connectivity index (χ3v) is 12.1. The first kappa shape index (κ1) is 68.6. The van der Waals surface area contributed by atoms with Gasteiger partial charge in [-0.2, -0.15) is 0 Å². The van der Waals surface area contributed by atoms with E-state index in [0.717, 1.165) is 161 Å². The molecule has 0 saturated heterocycles. The number of esters is 3. The van der Waals surface area contributed by atoms with Crippen LogP contribution in [0.4, 0.5) is 0 Å². The molecular formula is C67H108O6. The zero-order valence-corrected chi connectivity index (χ0v) is 47.1. The quantitative estimate of drug-likeness (QED) is 0.0261. The summed E-state index contributed by atoms with van der Waals surface area (Å²) in [5.41, 5.74) is 0. The molecule has 0 rings (SSSR count). The Hall–Kier alpha value is -4.45. The fourth-order valence-corrected chi connectivity index (χ4v) is 7.72. The van der Waals surface area contributed by atoms with Crippen molar-refractivity contribution in [2.75, 3.05) is 13.2 Å². The Labute approximate surface area is 449 Å². The van der Waals surface area contributed by atoms with Crippen LogP contribution in [0, 0.1) is 0 Å². The van der Waals surface area contributed by atoms with Gasteiger partial charge in [0.05, 0.1) is 0 Å². The Morgan fingerprint density at radius 3 is 0.836 bits per heavy atom. The van der Waals surface area contributed by atoms with Crippen LogP contribution in [-0.4, -0.2) is 37.2 Å². The van der Waals surface area contributed by atoms with Gasteiger partial charge in [-0.15, -0.1) is 0 Å². The van der Waals surface area contributed by atoms with Crippen LogP contribution in [0.25, 0.3) is 0 Å². The van der Waals surface area contributed by atoms with E-state index in [1.165, 1.54) is 51.4 Å². The number of carbonyl (C=O) groups is 3. The van der Waals surface area contributed by atoms with Gasteiger partial charge in [0.15, 0.2) is 6.10 Å². The molecule has 73 heavy (non-hydrogen) atoms. The number of rotatable bonds is 52. The second-order valence-electron chi connectivity index (χ2n) is 19.1. The molecule has 0 spiro atoms. The first-order valence-corrected chi connectivity index (χ1v) is 29.7. The molecule has 1 unspecified atom stereocenters. The van der Waals surface area contributed by atoms with Gasteiger partial charge in [0.1, 0.15) is 13.2 Å². The summed E-state index contributed by atoms with van der Waals surface area (Å²) in [4.78, 5) is 38.2. The van der Waals surface area contributed by atoms with Crippen molar-refractivity contribution in [3.05, 3.63) is 134 Å². The highest BCUT2D eigenvalue weighted by atomic mass is 16.6. The third kappa shape index (κ3) is 58.3. The Kier molecular flexibility index (Phi) is 56.4. The van der Waals surface area contributed by atoms with Crippen LogP contribution in [0.15, 0.2) is 134 Å². The molecule has 0 aromatic carbocycles. The van der Waals surface area contributed by atoms with Gasteiger partial charge in [-0.1, -0.05) is 231 Å². The first-order chi connectivity index (χ1) is 36.0. The average Bonchev–Trinajstić information content (AvgIpc) is 3.39. The minimum atomic E-state index is -0.806. The summed E-state index contributed by atoms with van der Waals surface area (Å²) in [5.74, 6) is -0.954. The summed E-state index contributed by atoms with van der Waals surface area (Å²) in [7, 11) is 0. The number of allylic oxidation sites excluding steroid dienone is 22. The number of hydrogen-bond acceptors (Lipinski definition) is 6. The van der Waals surface area contributed by atoms with Gasteiger partial charge in [-0.25, -0.2) is 0 Å². The lowest BCUT2D eigenvalue weighted by molar-refractivity contribution is -0.167. The third-order valence-electron chi connectivity index (χ3n) is 12.1. The lowest BCUT2D eigenvalue weighted by Crippen LogP contribution is -2.30. The maximum absolute atomic E-state index is 12.9. The van der Waals surface area contributed by atoms with Gasteiger partial charge in [-0.3, -0.25) is 14.4 Å². The van der Waals surface area contributed by atoms with Crippen LogP contribution in [0.1, 0.15) is 252 Å². The number of hydrogen-bond donors (Lipinski definition) is 0. The van der Waals surface area contributed by atoms with Gasteiger partial charge in [0, 0.05) is 19.3 Å². The molecular weight excluding hydrogens is 901 g/mol. The van der Waals surface area contributed by atoms with Crippen LogP contribution in [0.5, 0.6) is 0 Å². The second kappa shape index (κ2) is 60.1. The van der Waals surface area contributed by atoms with Gasteiger partial charge in [0.25, 0.3) is 0 Å². The Morgan fingerprint density at radius 1 is 0.288 bits per heavy atom. The molecule has 0 aromatic heterocycles. The predicted octanol–water partition coefficient (Wildman–Crippen LogP) is 20.2. The fourth-order valence-electron chi connectivity index (χ4n) is 7.72. The molecule has 0 aromatic rings. The van der Waals surface area contributed by atoms with E-state index in [1.54, 1.807) is 0 Å². The van der Waals surface area contributed by atoms with Crippen molar-refractivity contribution in [3.63, 3.8) is 0 Å². The molecule has 0 N–H and O–H groups in total. The summed E-state index contributed by atoms with van der Waals surface area (Å²) in [5, 5.41) is 0. The van der Waals surface area contributed by atoms with Crippen LogP contribution in [-0.2, 0) is 28.6 Å². The summed E-state index contributed by atoms with van der Waals surface area (Å²) >= 11 is 0. The van der Waals surface area contributed by atoms with Crippen molar-refractivity contribution in [1.82, 2.24) is 0 Å². The molecule has 0 saturated carbocycles. The van der Waals surface area contributed by atoms with Crippen molar-refractivity contribution in [1.29, 1.82) is 0 Å². The van der Waals surface area contributed by atoms with Crippen LogP contribution in [0.2, 0.25) is 0 Å². The van der Waals surface area contributed by atoms with E-state index in [-0.39, 0.29) is 31.1 Å². The Bertz CT molecular complexity index is 1580. The molecule has 0 amide bonds. The summed E-state index contributed by atoms with van der Waals surface area (Å²) < 4.78 is 16.9. The fraction of sp³-hybridized carbons (Fsp3) is 0.627. The molecule has 0 fully saturated rings. The molecule has 0 aliphatic carbocycles. The lowest BCUT2D eigenvalue weighted by Gasteiger charge is -2.18. The molecule has 1 atom stereocenters. The zero-order chi connectivity index (χ0) is 52.9. The molecule has 0 aliphatic rings. The van der Waals surface area contributed by atoms with Crippen molar-refractivity contribution < 1.29 is 28.6 Å². The summed E-state index contributed by atoms with van der Waals surface area (Å²) in [6, 6.07) is 0. The largest absolute Gasteiger partial charge is 0.462 e. The van der Waals surface area contributed by atoms with E-state index in [9.17, 15) is 14.4 Å². The SMILES string of the molecule is CC/C=C\C/C=C\C/C=C\C/C=C\C/C=C\C/C=C\CCCCCCC(=O)OCC(COC(=O)CCCCCCC/C=C\C/C=C\C/C=C\CC)OC(=O)CCCCCCCCC/C=C\C/C=C\CCCCC. The number of unbranched alkanes of at least 4 members (excludes halogenated alkanes) is 19. The topological polar surface area (TPSA) is 78.9 Å². The van der Waals surface area contributed by atoms with Crippen molar-refractivity contribution in [3.8, 4) is 0 Å². The minimum Gasteiger partial charge on any atom is -0.462 e. The van der Waals surface area contributed by atoms with E-state index >= 15 is 0 Å². The van der Waals surface area contributed by atoms with E-state index in [1.807, 2.05) is 0 Å². The molecule has 6 heteroatoms. The van der Waals surface area contributed by atoms with Crippen molar-refractivity contribution in [2.24, 2.45) is 0 Å². The van der Waals surface area contributed by atoms with Crippen molar-refractivity contribution in [2.45, 2.75) is 258 Å². The lowest BCUT2D eigenvalue weighted by atomic mass is 10.1. The van der Waals surface area contributed by atoms with E-state index in [2.05, 4.69) is 154 Å². The highest BCUT2D eigenvalue weighted by molar-refractivity contribution is 5.71. The molecule has 0 heterocycles. The highest BCUT2D eigenvalue weighted by Gasteiger charge is 2.19. The first-order valence-electron chi connectivity index (χ1n) is 29.7. The summed E-state index contributed by atoms with van der Waals surface area (Å²) in [6.45, 7) is 6.34. The number of carbonyl (C=O) groups excluding carboxylic acids is 3. The maximum Gasteiger partial charge on any atom is 0.306 e. The van der Waals surface area contributed by atoms with Crippen LogP contribution < -0.4 is 0 Å². The maximum atomic E-state index is 12.9.